The van der Waals surface area contributed by atoms with Crippen molar-refractivity contribution in [2.24, 2.45) is 11.8 Å². The second kappa shape index (κ2) is 10.9. The summed E-state index contributed by atoms with van der Waals surface area (Å²) in [5.74, 6) is 0.712. The van der Waals surface area contributed by atoms with Crippen molar-refractivity contribution in [3.8, 4) is 0 Å². The van der Waals surface area contributed by atoms with Gasteiger partial charge in [0.2, 0.25) is 0 Å². The van der Waals surface area contributed by atoms with Crippen molar-refractivity contribution in [2.45, 2.75) is 52.4 Å². The quantitative estimate of drug-likeness (QED) is 0.517. The Labute approximate surface area is 219 Å². The van der Waals surface area contributed by atoms with Gasteiger partial charge in [-0.15, -0.1) is 0 Å². The number of rotatable bonds is 9. The van der Waals surface area contributed by atoms with Gasteiger partial charge in [0.15, 0.2) is 0 Å². The number of hydrogen-bond acceptors (Lipinski definition) is 7. The summed E-state index contributed by atoms with van der Waals surface area (Å²) in [6.45, 7) is 9.70. The molecule has 37 heavy (non-hydrogen) atoms. The number of β-amino-alcohol motifs (C(OH)–C–C–N with tert-alkyl or cyclic N) is 1. The number of fused-ring (bicyclic) bond motifs is 2. The van der Waals surface area contributed by atoms with Gasteiger partial charge in [-0.1, -0.05) is 25.1 Å². The fourth-order valence-electron chi connectivity index (χ4n) is 6.25. The van der Waals surface area contributed by atoms with Gasteiger partial charge in [0.1, 0.15) is 13.2 Å². The van der Waals surface area contributed by atoms with Gasteiger partial charge < -0.3 is 24.4 Å². The Morgan fingerprint density at radius 2 is 1.76 bits per heavy atom. The number of benzene rings is 2. The first-order valence-electron chi connectivity index (χ1n) is 13.5. The smallest absolute Gasteiger partial charge is 0.338 e. The van der Waals surface area contributed by atoms with Gasteiger partial charge in [-0.25, -0.2) is 9.59 Å². The molecular formula is C30H38N2O5. The van der Waals surface area contributed by atoms with E-state index in [4.69, 9.17) is 9.47 Å². The molecule has 3 aliphatic heterocycles. The average molecular weight is 507 g/mol. The van der Waals surface area contributed by atoms with Gasteiger partial charge >= 0.3 is 11.9 Å². The number of aliphatic hydroxyl groups excluding tert-OH is 1. The molecule has 3 aliphatic rings. The van der Waals surface area contributed by atoms with Gasteiger partial charge in [-0.2, -0.15) is 0 Å². The summed E-state index contributed by atoms with van der Waals surface area (Å²) in [6, 6.07) is 9.76. The van der Waals surface area contributed by atoms with Crippen molar-refractivity contribution in [3.63, 3.8) is 0 Å². The highest BCUT2D eigenvalue weighted by atomic mass is 16.5. The molecule has 7 heteroatoms. The maximum absolute atomic E-state index is 11.8. The van der Waals surface area contributed by atoms with Crippen LogP contribution in [0.3, 0.4) is 0 Å². The Bertz CT molecular complexity index is 1170. The molecule has 2 atom stereocenters. The predicted octanol–water partition coefficient (Wildman–Crippen LogP) is 3.89. The van der Waals surface area contributed by atoms with Crippen LogP contribution in [0.2, 0.25) is 0 Å². The van der Waals surface area contributed by atoms with E-state index in [1.807, 2.05) is 19.1 Å². The Morgan fingerprint density at radius 1 is 1.05 bits per heavy atom. The van der Waals surface area contributed by atoms with Crippen LogP contribution >= 0.6 is 0 Å². The molecule has 198 valence electrons. The zero-order chi connectivity index (χ0) is 26.1. The van der Waals surface area contributed by atoms with Gasteiger partial charge in [-0.05, 0) is 87.0 Å². The van der Waals surface area contributed by atoms with Crippen LogP contribution in [-0.2, 0) is 29.1 Å². The van der Waals surface area contributed by atoms with E-state index in [9.17, 15) is 14.7 Å². The third-order valence-corrected chi connectivity index (χ3v) is 8.23. The molecule has 0 aromatic heterocycles. The number of aliphatic hydroxyl groups is 1. The number of carbonyl (C=O) groups excluding carboxylic acids is 2. The highest BCUT2D eigenvalue weighted by molar-refractivity contribution is 5.94. The number of cyclic esters (lactones) is 2. The summed E-state index contributed by atoms with van der Waals surface area (Å²) in [7, 11) is 2.22. The highest BCUT2D eigenvalue weighted by Gasteiger charge is 2.28. The molecule has 0 spiro atoms. The first-order chi connectivity index (χ1) is 17.8. The third-order valence-electron chi connectivity index (χ3n) is 8.23. The van der Waals surface area contributed by atoms with Crippen LogP contribution in [-0.4, -0.2) is 66.6 Å². The molecule has 1 unspecified atom stereocenters. The van der Waals surface area contributed by atoms with E-state index in [0.29, 0.717) is 42.7 Å². The highest BCUT2D eigenvalue weighted by Crippen LogP contribution is 2.30. The summed E-state index contributed by atoms with van der Waals surface area (Å²) in [5, 5.41) is 10.9. The van der Waals surface area contributed by atoms with Crippen molar-refractivity contribution < 1.29 is 24.2 Å². The predicted molar refractivity (Wildman–Crippen MR) is 140 cm³/mol. The topological polar surface area (TPSA) is 79.3 Å². The van der Waals surface area contributed by atoms with E-state index in [2.05, 4.69) is 35.9 Å². The van der Waals surface area contributed by atoms with Crippen molar-refractivity contribution in [3.05, 3.63) is 69.3 Å². The number of piperidine rings is 1. The molecule has 0 saturated carbocycles. The summed E-state index contributed by atoms with van der Waals surface area (Å²) in [4.78, 5) is 28.3. The van der Waals surface area contributed by atoms with Gasteiger partial charge in [0.05, 0.1) is 17.2 Å². The first-order valence-corrected chi connectivity index (χ1v) is 13.5. The Hall–Kier alpha value is -2.74. The molecule has 7 nitrogen and oxygen atoms in total. The fourth-order valence-corrected chi connectivity index (χ4v) is 6.25. The average Bonchev–Trinajstić information content (AvgIpc) is 3.43. The van der Waals surface area contributed by atoms with Crippen LogP contribution in [0.15, 0.2) is 30.3 Å². The maximum Gasteiger partial charge on any atom is 0.338 e. The van der Waals surface area contributed by atoms with Crippen LogP contribution in [0.25, 0.3) is 0 Å². The zero-order valence-corrected chi connectivity index (χ0v) is 22.2. The van der Waals surface area contributed by atoms with E-state index < -0.39 is 6.10 Å². The van der Waals surface area contributed by atoms with Gasteiger partial charge in [0.25, 0.3) is 0 Å². The number of likely N-dealkylation sites (tertiary alicyclic amines) is 1. The number of esters is 2. The van der Waals surface area contributed by atoms with Crippen LogP contribution in [0.4, 0.5) is 0 Å². The van der Waals surface area contributed by atoms with E-state index in [1.54, 1.807) is 6.07 Å². The minimum absolute atomic E-state index is 0.207. The lowest BCUT2D eigenvalue weighted by atomic mass is 9.93. The summed E-state index contributed by atoms with van der Waals surface area (Å²) < 4.78 is 10.3. The van der Waals surface area contributed by atoms with Crippen molar-refractivity contribution in [1.82, 2.24) is 9.80 Å². The normalized spacial score (nSPS) is 19.5. The van der Waals surface area contributed by atoms with Crippen molar-refractivity contribution >= 4 is 11.9 Å². The Kier molecular flexibility index (Phi) is 7.65. The number of carbonyl (C=O) groups is 2. The van der Waals surface area contributed by atoms with E-state index in [0.717, 1.165) is 67.7 Å². The lowest BCUT2D eigenvalue weighted by Crippen LogP contribution is -2.40. The van der Waals surface area contributed by atoms with Crippen molar-refractivity contribution in [2.75, 3.05) is 39.8 Å². The van der Waals surface area contributed by atoms with E-state index in [-0.39, 0.29) is 11.9 Å². The molecule has 0 aliphatic carbocycles. The lowest BCUT2D eigenvalue weighted by Gasteiger charge is -2.35. The molecule has 1 saturated heterocycles. The van der Waals surface area contributed by atoms with Gasteiger partial charge in [-0.3, -0.25) is 0 Å². The Morgan fingerprint density at radius 3 is 2.54 bits per heavy atom. The van der Waals surface area contributed by atoms with E-state index in [1.165, 1.54) is 5.56 Å². The molecule has 5 rings (SSSR count). The monoisotopic (exact) mass is 506 g/mol. The SMILES string of the molecule is Cc1c([C@@H](O)CN2CCC(CN(C)CC(C)Cc3ccc4c(c3)COC4=O)CC2)ccc2c1COC2=O. The maximum atomic E-state index is 11.8. The third kappa shape index (κ3) is 5.74. The zero-order valence-electron chi connectivity index (χ0n) is 22.2. The van der Waals surface area contributed by atoms with Gasteiger partial charge in [0, 0.05) is 30.8 Å². The standard InChI is InChI=1S/C30H38N2O5/c1-19(12-22-4-5-25-23(13-22)17-36-29(25)34)14-31(3)15-21-8-10-32(11-9-21)16-28(33)24-6-7-26-27(20(24)2)18-37-30(26)35/h4-7,13,19,21,28,33H,8-12,14-18H2,1-3H3/t19?,28-/m0/s1. The minimum Gasteiger partial charge on any atom is -0.457 e. The van der Waals surface area contributed by atoms with Crippen LogP contribution in [0, 0.1) is 18.8 Å². The van der Waals surface area contributed by atoms with Crippen LogP contribution in [0.1, 0.15) is 74.4 Å². The minimum atomic E-state index is -0.565. The van der Waals surface area contributed by atoms with Crippen LogP contribution < -0.4 is 0 Å². The summed E-state index contributed by atoms with van der Waals surface area (Å²) >= 11 is 0. The molecule has 2 aromatic carbocycles. The van der Waals surface area contributed by atoms with E-state index >= 15 is 0 Å². The second-order valence-electron chi connectivity index (χ2n) is 11.2. The fraction of sp³-hybridized carbons (Fsp3) is 0.533. The lowest BCUT2D eigenvalue weighted by molar-refractivity contribution is 0.0526. The molecule has 0 radical (unpaired) electrons. The number of hydrogen-bond donors (Lipinski definition) is 1. The first kappa shape index (κ1) is 25.9. The summed E-state index contributed by atoms with van der Waals surface area (Å²) in [5.41, 5.74) is 6.40. The molecule has 0 bridgehead atoms. The molecule has 1 fully saturated rings. The summed E-state index contributed by atoms with van der Waals surface area (Å²) in [6.07, 6.45) is 2.70. The molecule has 1 N–H and O–H groups in total. The second-order valence-corrected chi connectivity index (χ2v) is 11.2. The largest absolute Gasteiger partial charge is 0.457 e. The molecular weight excluding hydrogens is 468 g/mol. The molecule has 2 aromatic rings. The van der Waals surface area contributed by atoms with Crippen LogP contribution in [0.5, 0.6) is 0 Å². The number of ether oxygens (including phenoxy) is 2. The molecule has 0 amide bonds. The Balaban J connectivity index is 1.05. The van der Waals surface area contributed by atoms with Crippen molar-refractivity contribution in [1.29, 1.82) is 0 Å². The molecule has 3 heterocycles. The number of nitrogens with zero attached hydrogens (tertiary/aromatic N) is 2.